The number of hydrogen-bond donors (Lipinski definition) is 1. The van der Waals surface area contributed by atoms with Gasteiger partial charge in [0.25, 0.3) is 0 Å². The topological polar surface area (TPSA) is 58.6 Å². The Morgan fingerprint density at radius 1 is 1.06 bits per heavy atom. The van der Waals surface area contributed by atoms with Crippen LogP contribution in [0.2, 0.25) is 0 Å². The van der Waals surface area contributed by atoms with Crippen LogP contribution in [0, 0.1) is 5.92 Å². The Kier molecular flexibility index (Phi) is 6.13. The summed E-state index contributed by atoms with van der Waals surface area (Å²) in [7, 11) is 0. The van der Waals surface area contributed by atoms with Gasteiger partial charge in [-0.05, 0) is 30.0 Å². The van der Waals surface area contributed by atoms with Crippen LogP contribution < -0.4 is 10.1 Å². The third kappa shape index (κ3) is 4.59. The fourth-order valence-electron chi connectivity index (χ4n) is 4.44. The van der Waals surface area contributed by atoms with Gasteiger partial charge in [0, 0.05) is 37.9 Å². The van der Waals surface area contributed by atoms with Gasteiger partial charge in [-0.25, -0.2) is 0 Å². The molecule has 0 bridgehead atoms. The molecule has 0 spiro atoms. The van der Waals surface area contributed by atoms with Gasteiger partial charge in [-0.2, -0.15) is 13.2 Å². The maximum Gasteiger partial charge on any atom is 0.417 e. The minimum atomic E-state index is -4.47. The van der Waals surface area contributed by atoms with E-state index in [2.05, 4.69) is 5.32 Å². The van der Waals surface area contributed by atoms with Crippen LogP contribution in [0.15, 0.2) is 42.5 Å². The number of alkyl halides is 3. The van der Waals surface area contributed by atoms with E-state index in [1.54, 1.807) is 23.1 Å². The number of piperidine rings is 1. The number of nitrogens with zero attached hydrogens (tertiary/aromatic N) is 1. The predicted molar refractivity (Wildman–Crippen MR) is 113 cm³/mol. The predicted octanol–water partition coefficient (Wildman–Crippen LogP) is 4.05. The highest BCUT2D eigenvalue weighted by Crippen LogP contribution is 2.43. The molecule has 5 nitrogen and oxygen atoms in total. The molecule has 4 rings (SSSR count). The summed E-state index contributed by atoms with van der Waals surface area (Å²) in [6, 6.07) is 10.7. The van der Waals surface area contributed by atoms with Gasteiger partial charge in [0.2, 0.25) is 11.8 Å². The summed E-state index contributed by atoms with van der Waals surface area (Å²) in [5.41, 5.74) is 0.610. The summed E-state index contributed by atoms with van der Waals surface area (Å²) in [4.78, 5) is 25.7. The second-order valence-corrected chi connectivity index (χ2v) is 8.31. The van der Waals surface area contributed by atoms with Crippen LogP contribution in [0.4, 0.5) is 13.2 Å². The average Bonchev–Trinajstić information content (AvgIpc) is 3.20. The third-order valence-electron chi connectivity index (χ3n) is 6.17. The van der Waals surface area contributed by atoms with Crippen molar-refractivity contribution in [1.82, 2.24) is 10.2 Å². The Morgan fingerprint density at radius 2 is 1.75 bits per heavy atom. The van der Waals surface area contributed by atoms with Crippen molar-refractivity contribution in [3.63, 3.8) is 0 Å². The number of fused-ring (bicyclic) bond motifs is 1. The molecular weight excluding hydrogens is 421 g/mol. The highest BCUT2D eigenvalue weighted by molar-refractivity contribution is 5.80. The molecule has 1 unspecified atom stereocenters. The van der Waals surface area contributed by atoms with E-state index in [1.165, 1.54) is 19.1 Å². The van der Waals surface area contributed by atoms with Crippen molar-refractivity contribution in [3.8, 4) is 16.9 Å². The van der Waals surface area contributed by atoms with Gasteiger partial charge in [-0.1, -0.05) is 36.4 Å². The van der Waals surface area contributed by atoms with Crippen molar-refractivity contribution in [2.24, 2.45) is 5.92 Å². The van der Waals surface area contributed by atoms with Gasteiger partial charge in [0.05, 0.1) is 12.1 Å². The van der Waals surface area contributed by atoms with Gasteiger partial charge >= 0.3 is 6.18 Å². The zero-order valence-electron chi connectivity index (χ0n) is 17.7. The summed E-state index contributed by atoms with van der Waals surface area (Å²) in [6.07, 6.45) is -3.06. The molecule has 2 aliphatic heterocycles. The molecule has 8 heteroatoms. The zero-order valence-corrected chi connectivity index (χ0v) is 17.7. The Hall–Kier alpha value is -3.03. The number of amides is 2. The summed E-state index contributed by atoms with van der Waals surface area (Å²) in [5.74, 6) is 0.237. The lowest BCUT2D eigenvalue weighted by Crippen LogP contribution is -2.44. The molecule has 0 radical (unpaired) electrons. The third-order valence-corrected chi connectivity index (χ3v) is 6.17. The Morgan fingerprint density at radius 3 is 2.44 bits per heavy atom. The number of benzene rings is 2. The first kappa shape index (κ1) is 22.2. The second kappa shape index (κ2) is 8.84. The summed E-state index contributed by atoms with van der Waals surface area (Å²) in [5, 5.41) is 2.92. The molecule has 2 heterocycles. The van der Waals surface area contributed by atoms with Gasteiger partial charge in [-0.15, -0.1) is 0 Å². The molecule has 1 atom stereocenters. The fourth-order valence-corrected chi connectivity index (χ4v) is 4.44. The van der Waals surface area contributed by atoms with Crippen molar-refractivity contribution in [1.29, 1.82) is 0 Å². The lowest BCUT2D eigenvalue weighted by atomic mass is 9.95. The number of para-hydroxylation sites is 1. The van der Waals surface area contributed by atoms with Crippen LogP contribution in [-0.2, 0) is 22.2 Å². The SMILES string of the molecule is CC(=O)N1CCC(C(=O)NCC2Cc3cccc(-c4ccccc4C(F)(F)F)c3O2)CC1. The molecule has 2 amide bonds. The molecule has 1 fully saturated rings. The number of halogens is 3. The molecule has 1 saturated heterocycles. The molecule has 2 aromatic rings. The van der Waals surface area contributed by atoms with Crippen LogP contribution in [0.5, 0.6) is 5.75 Å². The molecule has 2 aromatic carbocycles. The number of likely N-dealkylation sites (tertiary alicyclic amines) is 1. The number of hydrogen-bond acceptors (Lipinski definition) is 3. The first-order valence-corrected chi connectivity index (χ1v) is 10.7. The smallest absolute Gasteiger partial charge is 0.417 e. The average molecular weight is 446 g/mol. The number of carbonyl (C=O) groups is 2. The first-order chi connectivity index (χ1) is 15.2. The van der Waals surface area contributed by atoms with Crippen molar-refractivity contribution >= 4 is 11.8 Å². The lowest BCUT2D eigenvalue weighted by molar-refractivity contribution is -0.137. The van der Waals surface area contributed by atoms with Crippen LogP contribution >= 0.6 is 0 Å². The van der Waals surface area contributed by atoms with Gasteiger partial charge in [-0.3, -0.25) is 9.59 Å². The summed E-state index contributed by atoms with van der Waals surface area (Å²) in [6.45, 7) is 2.94. The number of rotatable bonds is 4. The molecular formula is C24H25F3N2O3. The zero-order chi connectivity index (χ0) is 22.9. The van der Waals surface area contributed by atoms with E-state index in [9.17, 15) is 22.8 Å². The Labute approximate surface area is 184 Å². The maximum absolute atomic E-state index is 13.5. The van der Waals surface area contributed by atoms with E-state index in [4.69, 9.17) is 4.74 Å². The number of ether oxygens (including phenoxy) is 1. The largest absolute Gasteiger partial charge is 0.487 e. The highest BCUT2D eigenvalue weighted by Gasteiger charge is 2.35. The fraction of sp³-hybridized carbons (Fsp3) is 0.417. The van der Waals surface area contributed by atoms with Crippen molar-refractivity contribution in [3.05, 3.63) is 53.6 Å². The van der Waals surface area contributed by atoms with Gasteiger partial charge in [0.15, 0.2) is 0 Å². The van der Waals surface area contributed by atoms with Gasteiger partial charge in [0.1, 0.15) is 11.9 Å². The monoisotopic (exact) mass is 446 g/mol. The molecule has 0 aromatic heterocycles. The standard InChI is InChI=1S/C24H25F3N2O3/c1-15(30)29-11-9-16(10-12-29)23(31)28-14-18-13-17-5-4-7-20(22(17)32-18)19-6-2-3-8-21(19)24(25,26)27/h2-8,16,18H,9-14H2,1H3,(H,28,31). The van der Waals surface area contributed by atoms with Gasteiger partial charge < -0.3 is 15.0 Å². The van der Waals surface area contributed by atoms with Crippen LogP contribution in [0.3, 0.4) is 0 Å². The molecule has 1 N–H and O–H groups in total. The number of nitrogens with one attached hydrogen (secondary N) is 1. The molecule has 0 saturated carbocycles. The molecule has 2 aliphatic rings. The van der Waals surface area contributed by atoms with Crippen LogP contribution in [0.1, 0.15) is 30.9 Å². The van der Waals surface area contributed by atoms with Crippen molar-refractivity contribution in [2.75, 3.05) is 19.6 Å². The number of carbonyl (C=O) groups excluding carboxylic acids is 2. The summed E-state index contributed by atoms with van der Waals surface area (Å²) >= 11 is 0. The minimum absolute atomic E-state index is 0.0175. The minimum Gasteiger partial charge on any atom is -0.487 e. The van der Waals surface area contributed by atoms with E-state index in [0.717, 1.165) is 11.6 Å². The Balaban J connectivity index is 1.42. The van der Waals surface area contributed by atoms with Crippen LogP contribution in [-0.4, -0.2) is 42.5 Å². The highest BCUT2D eigenvalue weighted by atomic mass is 19.4. The quantitative estimate of drug-likeness (QED) is 0.771. The van der Waals surface area contributed by atoms with E-state index in [1.807, 2.05) is 6.07 Å². The van der Waals surface area contributed by atoms with Crippen molar-refractivity contribution < 1.29 is 27.5 Å². The summed E-state index contributed by atoms with van der Waals surface area (Å²) < 4.78 is 46.5. The second-order valence-electron chi connectivity index (χ2n) is 8.31. The van der Waals surface area contributed by atoms with E-state index < -0.39 is 11.7 Å². The first-order valence-electron chi connectivity index (χ1n) is 10.7. The molecule has 170 valence electrons. The molecule has 0 aliphatic carbocycles. The Bertz CT molecular complexity index is 1010. The maximum atomic E-state index is 13.5. The van der Waals surface area contributed by atoms with E-state index in [-0.39, 0.29) is 35.9 Å². The van der Waals surface area contributed by atoms with E-state index in [0.29, 0.717) is 43.7 Å². The normalized spacial score (nSPS) is 18.8. The van der Waals surface area contributed by atoms with Crippen LogP contribution in [0.25, 0.3) is 11.1 Å². The van der Waals surface area contributed by atoms with Crippen molar-refractivity contribution in [2.45, 2.75) is 38.5 Å². The lowest BCUT2D eigenvalue weighted by Gasteiger charge is -2.30. The van der Waals surface area contributed by atoms with E-state index >= 15 is 0 Å². The molecule has 32 heavy (non-hydrogen) atoms.